The number of ether oxygens (including phenoxy) is 1. The van der Waals surface area contributed by atoms with E-state index in [0.717, 1.165) is 4.88 Å². The number of aliphatic carboxylic acids is 1. The molecule has 0 amide bonds. The van der Waals surface area contributed by atoms with Gasteiger partial charge < -0.3 is 14.3 Å². The van der Waals surface area contributed by atoms with E-state index in [1.807, 2.05) is 17.5 Å². The second-order valence-electron chi connectivity index (χ2n) is 2.86. The summed E-state index contributed by atoms with van der Waals surface area (Å²) in [7, 11) is 0. The first-order valence-electron chi connectivity index (χ1n) is 4.41. The Morgan fingerprint density at radius 1 is 1.56 bits per heavy atom. The first-order chi connectivity index (χ1) is 7.75. The van der Waals surface area contributed by atoms with Crippen LogP contribution in [0.25, 0.3) is 10.8 Å². The van der Waals surface area contributed by atoms with Gasteiger partial charge in [0.05, 0.1) is 4.88 Å². The molecule has 0 saturated carbocycles. The van der Waals surface area contributed by atoms with Crippen LogP contribution >= 0.6 is 11.3 Å². The minimum absolute atomic E-state index is 0.00464. The van der Waals surface area contributed by atoms with E-state index < -0.39 is 5.97 Å². The Morgan fingerprint density at radius 3 is 3.12 bits per heavy atom. The zero-order chi connectivity index (χ0) is 11.4. The van der Waals surface area contributed by atoms with Crippen LogP contribution in [0.3, 0.4) is 0 Å². The van der Waals surface area contributed by atoms with Crippen molar-refractivity contribution in [1.82, 2.24) is 10.2 Å². The molecule has 0 aliphatic rings. The lowest BCUT2D eigenvalue weighted by Crippen LogP contribution is -2.06. The summed E-state index contributed by atoms with van der Waals surface area (Å²) in [6.45, 7) is -0.374. The highest BCUT2D eigenvalue weighted by Gasteiger charge is 2.09. The van der Waals surface area contributed by atoms with Gasteiger partial charge in [0.2, 0.25) is 5.89 Å². The molecule has 2 aromatic heterocycles. The van der Waals surface area contributed by atoms with E-state index in [1.165, 1.54) is 11.3 Å². The van der Waals surface area contributed by atoms with Crippen LogP contribution in [-0.2, 0) is 16.1 Å². The van der Waals surface area contributed by atoms with Crippen LogP contribution in [0.15, 0.2) is 21.9 Å². The fourth-order valence-electron chi connectivity index (χ4n) is 1.04. The number of carboxylic acids is 1. The third kappa shape index (κ3) is 2.65. The third-order valence-corrected chi connectivity index (χ3v) is 2.51. The van der Waals surface area contributed by atoms with Gasteiger partial charge in [-0.1, -0.05) is 6.07 Å². The van der Waals surface area contributed by atoms with Crippen LogP contribution in [0.4, 0.5) is 0 Å². The van der Waals surface area contributed by atoms with Crippen LogP contribution in [0, 0.1) is 0 Å². The maximum absolute atomic E-state index is 10.2. The van der Waals surface area contributed by atoms with Gasteiger partial charge in [-0.3, -0.25) is 0 Å². The average molecular weight is 240 g/mol. The van der Waals surface area contributed by atoms with Crippen molar-refractivity contribution in [2.45, 2.75) is 6.61 Å². The molecule has 0 aliphatic heterocycles. The van der Waals surface area contributed by atoms with Crippen molar-refractivity contribution in [3.8, 4) is 10.8 Å². The predicted octanol–water partition coefficient (Wildman–Crippen LogP) is 1.40. The lowest BCUT2D eigenvalue weighted by atomic mass is 10.5. The number of carboxylic acid groups (broad SMARTS) is 1. The lowest BCUT2D eigenvalue weighted by molar-refractivity contribution is -0.142. The van der Waals surface area contributed by atoms with E-state index in [2.05, 4.69) is 10.2 Å². The molecular formula is C9H8N2O4S. The summed E-state index contributed by atoms with van der Waals surface area (Å²) >= 11 is 1.49. The molecule has 84 valence electrons. The Morgan fingerprint density at radius 2 is 2.44 bits per heavy atom. The summed E-state index contributed by atoms with van der Waals surface area (Å²) in [5.74, 6) is -0.341. The van der Waals surface area contributed by atoms with Crippen molar-refractivity contribution >= 4 is 17.3 Å². The molecule has 0 aliphatic carbocycles. The zero-order valence-electron chi connectivity index (χ0n) is 8.12. The topological polar surface area (TPSA) is 85.5 Å². The normalized spacial score (nSPS) is 10.5. The Kier molecular flexibility index (Phi) is 3.28. The standard InChI is InChI=1S/C9H8N2O4S/c12-8(13)5-14-4-7-10-11-9(15-7)6-2-1-3-16-6/h1-3H,4-5H2,(H,12,13). The molecule has 0 radical (unpaired) electrons. The number of carbonyl (C=O) groups is 1. The van der Waals surface area contributed by atoms with Crippen molar-refractivity contribution in [2.75, 3.05) is 6.61 Å². The minimum Gasteiger partial charge on any atom is -0.480 e. The summed E-state index contributed by atoms with van der Waals surface area (Å²) in [5, 5.41) is 17.8. The molecule has 6 nitrogen and oxygen atoms in total. The van der Waals surface area contributed by atoms with Gasteiger partial charge in [-0.2, -0.15) is 0 Å². The number of aromatic nitrogens is 2. The molecule has 0 bridgehead atoms. The fraction of sp³-hybridized carbons (Fsp3) is 0.222. The van der Waals surface area contributed by atoms with E-state index in [0.29, 0.717) is 5.89 Å². The number of hydrogen-bond acceptors (Lipinski definition) is 6. The Hall–Kier alpha value is -1.73. The molecular weight excluding hydrogens is 232 g/mol. The number of nitrogens with zero attached hydrogens (tertiary/aromatic N) is 2. The SMILES string of the molecule is O=C(O)COCc1nnc(-c2cccs2)o1. The zero-order valence-corrected chi connectivity index (χ0v) is 8.94. The second kappa shape index (κ2) is 4.86. The van der Waals surface area contributed by atoms with Crippen LogP contribution in [-0.4, -0.2) is 27.9 Å². The van der Waals surface area contributed by atoms with Gasteiger partial charge in [0, 0.05) is 0 Å². The van der Waals surface area contributed by atoms with Crippen LogP contribution < -0.4 is 0 Å². The van der Waals surface area contributed by atoms with Crippen LogP contribution in [0.1, 0.15) is 5.89 Å². The van der Waals surface area contributed by atoms with Crippen molar-refractivity contribution in [3.63, 3.8) is 0 Å². The largest absolute Gasteiger partial charge is 0.480 e. The van der Waals surface area contributed by atoms with Gasteiger partial charge in [0.1, 0.15) is 13.2 Å². The van der Waals surface area contributed by atoms with Crippen molar-refractivity contribution in [3.05, 3.63) is 23.4 Å². The van der Waals surface area contributed by atoms with Gasteiger partial charge in [0.15, 0.2) is 0 Å². The van der Waals surface area contributed by atoms with Crippen LogP contribution in [0.2, 0.25) is 0 Å². The smallest absolute Gasteiger partial charge is 0.329 e. The lowest BCUT2D eigenvalue weighted by Gasteiger charge is -1.94. The molecule has 0 saturated heterocycles. The minimum atomic E-state index is -1.03. The summed E-state index contributed by atoms with van der Waals surface area (Å²) in [6, 6.07) is 3.74. The van der Waals surface area contributed by atoms with E-state index >= 15 is 0 Å². The Labute approximate surface area is 94.5 Å². The number of thiophene rings is 1. The summed E-state index contributed by atoms with van der Waals surface area (Å²) in [4.78, 5) is 11.1. The monoisotopic (exact) mass is 240 g/mol. The first-order valence-corrected chi connectivity index (χ1v) is 5.29. The average Bonchev–Trinajstić information content (AvgIpc) is 2.85. The number of hydrogen-bond donors (Lipinski definition) is 1. The maximum atomic E-state index is 10.2. The molecule has 2 rings (SSSR count). The highest BCUT2D eigenvalue weighted by atomic mass is 32.1. The van der Waals surface area contributed by atoms with E-state index in [1.54, 1.807) is 0 Å². The molecule has 0 unspecified atom stereocenters. The molecule has 0 aromatic carbocycles. The van der Waals surface area contributed by atoms with Gasteiger partial charge in [-0.05, 0) is 11.4 Å². The maximum Gasteiger partial charge on any atom is 0.329 e. The second-order valence-corrected chi connectivity index (χ2v) is 3.81. The highest BCUT2D eigenvalue weighted by Crippen LogP contribution is 2.22. The molecule has 0 atom stereocenters. The summed E-state index contributed by atoms with van der Waals surface area (Å²) in [6.07, 6.45) is 0. The van der Waals surface area contributed by atoms with Crippen molar-refractivity contribution in [2.24, 2.45) is 0 Å². The van der Waals surface area contributed by atoms with Crippen molar-refractivity contribution in [1.29, 1.82) is 0 Å². The molecule has 1 N–H and O–H groups in total. The van der Waals surface area contributed by atoms with E-state index in [9.17, 15) is 4.79 Å². The van der Waals surface area contributed by atoms with Gasteiger partial charge in [0.25, 0.3) is 5.89 Å². The molecule has 16 heavy (non-hydrogen) atoms. The predicted molar refractivity (Wildman–Crippen MR) is 54.9 cm³/mol. The molecule has 0 spiro atoms. The fourth-order valence-corrected chi connectivity index (χ4v) is 1.68. The van der Waals surface area contributed by atoms with E-state index in [4.69, 9.17) is 14.3 Å². The quantitative estimate of drug-likeness (QED) is 0.850. The van der Waals surface area contributed by atoms with Crippen molar-refractivity contribution < 1.29 is 19.1 Å². The molecule has 0 fully saturated rings. The summed E-state index contributed by atoms with van der Waals surface area (Å²) < 4.78 is 10.1. The Bertz CT molecular complexity index is 466. The van der Waals surface area contributed by atoms with E-state index in [-0.39, 0.29) is 19.1 Å². The third-order valence-electron chi connectivity index (χ3n) is 1.65. The van der Waals surface area contributed by atoms with Gasteiger partial charge in [-0.25, -0.2) is 4.79 Å². The van der Waals surface area contributed by atoms with Gasteiger partial charge >= 0.3 is 5.97 Å². The van der Waals surface area contributed by atoms with Crippen LogP contribution in [0.5, 0.6) is 0 Å². The Balaban J connectivity index is 1.95. The summed E-state index contributed by atoms with van der Waals surface area (Å²) in [5.41, 5.74) is 0. The molecule has 2 heterocycles. The molecule has 2 aromatic rings. The number of rotatable bonds is 5. The molecule has 7 heteroatoms. The highest BCUT2D eigenvalue weighted by molar-refractivity contribution is 7.13. The first kappa shape index (κ1) is 10.8. The van der Waals surface area contributed by atoms with Gasteiger partial charge in [-0.15, -0.1) is 21.5 Å².